The Morgan fingerprint density at radius 2 is 1.90 bits per heavy atom. The summed E-state index contributed by atoms with van der Waals surface area (Å²) in [6.45, 7) is 2.26. The molecule has 3 rings (SSSR count). The molecule has 1 aliphatic rings. The summed E-state index contributed by atoms with van der Waals surface area (Å²) in [6, 6.07) is 11.5. The SMILES string of the molecule is CCc1ccc(-c2cc(F)c3c(c2)COC(=O)C3)cc1. The maximum absolute atomic E-state index is 14.1. The summed E-state index contributed by atoms with van der Waals surface area (Å²) in [5, 5.41) is 0. The lowest BCUT2D eigenvalue weighted by Gasteiger charge is -2.18. The number of hydrogen-bond donors (Lipinski definition) is 0. The minimum atomic E-state index is -0.364. The summed E-state index contributed by atoms with van der Waals surface area (Å²) >= 11 is 0. The molecule has 0 bridgehead atoms. The predicted molar refractivity (Wildman–Crippen MR) is 74.7 cm³/mol. The summed E-state index contributed by atoms with van der Waals surface area (Å²) in [7, 11) is 0. The molecule has 0 aliphatic carbocycles. The van der Waals surface area contributed by atoms with E-state index in [1.165, 1.54) is 11.6 Å². The van der Waals surface area contributed by atoms with E-state index in [1.54, 1.807) is 0 Å². The number of rotatable bonds is 2. The third-order valence-corrected chi connectivity index (χ3v) is 3.69. The number of halogens is 1. The molecule has 0 atom stereocenters. The van der Waals surface area contributed by atoms with Gasteiger partial charge in [-0.3, -0.25) is 4.79 Å². The fraction of sp³-hybridized carbons (Fsp3) is 0.235. The van der Waals surface area contributed by atoms with Crippen molar-refractivity contribution in [2.45, 2.75) is 26.4 Å². The second kappa shape index (κ2) is 5.08. The molecule has 0 radical (unpaired) electrons. The lowest BCUT2D eigenvalue weighted by molar-refractivity contribution is -0.145. The molecule has 1 heterocycles. The molecule has 0 saturated carbocycles. The van der Waals surface area contributed by atoms with Crippen LogP contribution in [0.5, 0.6) is 0 Å². The third kappa shape index (κ3) is 2.31. The highest BCUT2D eigenvalue weighted by atomic mass is 19.1. The lowest BCUT2D eigenvalue weighted by atomic mass is 9.95. The fourth-order valence-corrected chi connectivity index (χ4v) is 2.47. The van der Waals surface area contributed by atoms with Crippen LogP contribution in [0.15, 0.2) is 36.4 Å². The van der Waals surface area contributed by atoms with E-state index in [1.807, 2.05) is 30.3 Å². The molecule has 0 unspecified atom stereocenters. The van der Waals surface area contributed by atoms with Crippen molar-refractivity contribution in [3.05, 3.63) is 58.9 Å². The number of carbonyl (C=O) groups is 1. The van der Waals surface area contributed by atoms with Crippen LogP contribution in [0, 0.1) is 5.82 Å². The van der Waals surface area contributed by atoms with Gasteiger partial charge in [-0.15, -0.1) is 0 Å². The van der Waals surface area contributed by atoms with Gasteiger partial charge in [0.05, 0.1) is 6.42 Å². The van der Waals surface area contributed by atoms with E-state index in [9.17, 15) is 9.18 Å². The molecule has 20 heavy (non-hydrogen) atoms. The van der Waals surface area contributed by atoms with Gasteiger partial charge in [-0.05, 0) is 40.8 Å². The zero-order valence-electron chi connectivity index (χ0n) is 11.3. The van der Waals surface area contributed by atoms with E-state index in [2.05, 4.69) is 6.92 Å². The molecule has 0 saturated heterocycles. The van der Waals surface area contributed by atoms with Gasteiger partial charge < -0.3 is 4.74 Å². The highest BCUT2D eigenvalue weighted by molar-refractivity contribution is 5.76. The number of esters is 1. The van der Waals surface area contributed by atoms with Crippen LogP contribution in [0.25, 0.3) is 11.1 Å². The fourth-order valence-electron chi connectivity index (χ4n) is 2.47. The highest BCUT2D eigenvalue weighted by Crippen LogP contribution is 2.28. The van der Waals surface area contributed by atoms with Gasteiger partial charge in [-0.2, -0.15) is 0 Å². The van der Waals surface area contributed by atoms with Crippen molar-refractivity contribution in [2.75, 3.05) is 0 Å². The smallest absolute Gasteiger partial charge is 0.310 e. The van der Waals surface area contributed by atoms with Crippen LogP contribution >= 0.6 is 0 Å². The molecule has 0 fully saturated rings. The number of fused-ring (bicyclic) bond motifs is 1. The standard InChI is InChI=1S/C17H15FO2/c1-2-11-3-5-12(6-4-11)13-7-14-10-20-17(19)9-15(14)16(18)8-13/h3-8H,2,9-10H2,1H3. The van der Waals surface area contributed by atoms with Crippen molar-refractivity contribution in [3.63, 3.8) is 0 Å². The molecule has 2 aromatic carbocycles. The summed E-state index contributed by atoms with van der Waals surface area (Å²) in [5.41, 5.74) is 4.28. The first-order chi connectivity index (χ1) is 9.67. The predicted octanol–water partition coefficient (Wildman–Crippen LogP) is 3.65. The molecular weight excluding hydrogens is 255 g/mol. The van der Waals surface area contributed by atoms with Crippen LogP contribution in [-0.2, 0) is 29.0 Å². The van der Waals surface area contributed by atoms with Crippen molar-refractivity contribution in [1.82, 2.24) is 0 Å². The Bertz CT molecular complexity index is 659. The normalized spacial score (nSPS) is 13.8. The molecule has 1 aliphatic heterocycles. The van der Waals surface area contributed by atoms with Crippen molar-refractivity contribution in [3.8, 4) is 11.1 Å². The van der Waals surface area contributed by atoms with Gasteiger partial charge in [0, 0.05) is 5.56 Å². The molecule has 2 nitrogen and oxygen atoms in total. The van der Waals surface area contributed by atoms with Gasteiger partial charge >= 0.3 is 5.97 Å². The first-order valence-electron chi connectivity index (χ1n) is 6.73. The maximum Gasteiger partial charge on any atom is 0.310 e. The number of hydrogen-bond acceptors (Lipinski definition) is 2. The minimum Gasteiger partial charge on any atom is -0.461 e. The number of ether oxygens (including phenoxy) is 1. The van der Waals surface area contributed by atoms with E-state index in [0.29, 0.717) is 5.56 Å². The number of aryl methyl sites for hydroxylation is 1. The van der Waals surface area contributed by atoms with E-state index in [0.717, 1.165) is 23.1 Å². The van der Waals surface area contributed by atoms with Gasteiger partial charge in [0.25, 0.3) is 0 Å². The Morgan fingerprint density at radius 1 is 1.15 bits per heavy atom. The molecular formula is C17H15FO2. The van der Waals surface area contributed by atoms with Crippen LogP contribution in [0.3, 0.4) is 0 Å². The van der Waals surface area contributed by atoms with Crippen molar-refractivity contribution >= 4 is 5.97 Å². The summed E-state index contributed by atoms with van der Waals surface area (Å²) in [5.74, 6) is -0.690. The van der Waals surface area contributed by atoms with Crippen LogP contribution < -0.4 is 0 Å². The number of carbonyl (C=O) groups excluding carboxylic acids is 1. The van der Waals surface area contributed by atoms with Gasteiger partial charge in [0.2, 0.25) is 0 Å². The van der Waals surface area contributed by atoms with E-state index in [-0.39, 0.29) is 24.8 Å². The Hall–Kier alpha value is -2.16. The molecule has 0 spiro atoms. The first-order valence-corrected chi connectivity index (χ1v) is 6.73. The van der Waals surface area contributed by atoms with E-state index in [4.69, 9.17) is 4.74 Å². The molecule has 3 heteroatoms. The Morgan fingerprint density at radius 3 is 2.60 bits per heavy atom. The quantitative estimate of drug-likeness (QED) is 0.778. The second-order valence-electron chi connectivity index (χ2n) is 4.98. The summed E-state index contributed by atoms with van der Waals surface area (Å²) in [6.07, 6.45) is 1.00. The number of benzene rings is 2. The van der Waals surface area contributed by atoms with E-state index >= 15 is 0 Å². The first kappa shape index (κ1) is 12.9. The summed E-state index contributed by atoms with van der Waals surface area (Å²) in [4.78, 5) is 11.2. The zero-order chi connectivity index (χ0) is 14.1. The van der Waals surface area contributed by atoms with Crippen molar-refractivity contribution < 1.29 is 13.9 Å². The third-order valence-electron chi connectivity index (χ3n) is 3.69. The molecule has 102 valence electrons. The largest absolute Gasteiger partial charge is 0.461 e. The molecule has 0 aromatic heterocycles. The average Bonchev–Trinajstić information content (AvgIpc) is 2.48. The van der Waals surface area contributed by atoms with Gasteiger partial charge in [0.15, 0.2) is 0 Å². The van der Waals surface area contributed by atoms with Gasteiger partial charge in [0.1, 0.15) is 12.4 Å². The van der Waals surface area contributed by atoms with Crippen LogP contribution in [0.2, 0.25) is 0 Å². The average molecular weight is 270 g/mol. The van der Waals surface area contributed by atoms with Crippen molar-refractivity contribution in [2.24, 2.45) is 0 Å². The zero-order valence-corrected chi connectivity index (χ0v) is 11.3. The highest BCUT2D eigenvalue weighted by Gasteiger charge is 2.21. The Balaban J connectivity index is 2.02. The van der Waals surface area contributed by atoms with Crippen LogP contribution in [0.1, 0.15) is 23.6 Å². The lowest BCUT2D eigenvalue weighted by Crippen LogP contribution is -2.17. The second-order valence-corrected chi connectivity index (χ2v) is 4.98. The monoisotopic (exact) mass is 270 g/mol. The Kier molecular flexibility index (Phi) is 3.26. The molecule has 0 amide bonds. The minimum absolute atomic E-state index is 0.0240. The molecule has 2 aromatic rings. The Labute approximate surface area is 117 Å². The van der Waals surface area contributed by atoms with Crippen LogP contribution in [0.4, 0.5) is 4.39 Å². The molecule has 0 N–H and O–H groups in total. The van der Waals surface area contributed by atoms with Gasteiger partial charge in [-0.1, -0.05) is 31.2 Å². The maximum atomic E-state index is 14.1. The van der Waals surface area contributed by atoms with Gasteiger partial charge in [-0.25, -0.2) is 4.39 Å². The number of cyclic esters (lactones) is 1. The summed E-state index contributed by atoms with van der Waals surface area (Å²) < 4.78 is 19.1. The topological polar surface area (TPSA) is 26.3 Å². The van der Waals surface area contributed by atoms with Crippen LogP contribution in [-0.4, -0.2) is 5.97 Å². The van der Waals surface area contributed by atoms with Crippen molar-refractivity contribution in [1.29, 1.82) is 0 Å². The van der Waals surface area contributed by atoms with E-state index < -0.39 is 0 Å².